The van der Waals surface area contributed by atoms with E-state index in [9.17, 15) is 10.2 Å². The highest BCUT2D eigenvalue weighted by molar-refractivity contribution is 6.62. The molecule has 1 saturated heterocycles. The lowest BCUT2D eigenvalue weighted by Crippen LogP contribution is -2.41. The van der Waals surface area contributed by atoms with Gasteiger partial charge in [-0.15, -0.1) is 0 Å². The molecule has 2 N–H and O–H groups in total. The first-order valence-electron chi connectivity index (χ1n) is 28.4. The molecule has 0 amide bonds. The fourth-order valence-corrected chi connectivity index (χ4v) is 12.7. The molecule has 2 saturated carbocycles. The van der Waals surface area contributed by atoms with Crippen LogP contribution in [0.1, 0.15) is 213 Å². The summed E-state index contributed by atoms with van der Waals surface area (Å²) >= 11 is 0. The minimum Gasteiger partial charge on any atom is -0.399 e. The minimum atomic E-state index is -0.446. The molecule has 5 aromatic rings. The van der Waals surface area contributed by atoms with E-state index in [1.807, 2.05) is 0 Å². The molecule has 74 heavy (non-hydrogen) atoms. The molecule has 6 nitrogen and oxygen atoms in total. The summed E-state index contributed by atoms with van der Waals surface area (Å²) in [5, 5.41) is 21.6. The Morgan fingerprint density at radius 1 is 0.514 bits per heavy atom. The topological polar surface area (TPSA) is 93.1 Å². The van der Waals surface area contributed by atoms with E-state index in [0.717, 1.165) is 102 Å². The highest BCUT2D eigenvalue weighted by atomic mass is 16.7. The van der Waals surface area contributed by atoms with Crippen LogP contribution < -0.4 is 5.46 Å². The van der Waals surface area contributed by atoms with Gasteiger partial charge in [-0.3, -0.25) is 0 Å². The van der Waals surface area contributed by atoms with Gasteiger partial charge >= 0.3 is 13.3 Å². The Morgan fingerprint density at radius 3 is 1.23 bits per heavy atom. The van der Waals surface area contributed by atoms with Gasteiger partial charge in [-0.25, -0.2) is 0 Å². The van der Waals surface area contributed by atoms with E-state index < -0.39 is 11.2 Å². The van der Waals surface area contributed by atoms with Crippen LogP contribution in [0.4, 0.5) is 0 Å². The van der Waals surface area contributed by atoms with Crippen molar-refractivity contribution in [1.29, 1.82) is 0 Å². The van der Waals surface area contributed by atoms with E-state index in [4.69, 9.17) is 18.9 Å². The van der Waals surface area contributed by atoms with Crippen LogP contribution in [0, 0.1) is 27.7 Å². The largest absolute Gasteiger partial charge is 0.495 e. The number of benzene rings is 5. The summed E-state index contributed by atoms with van der Waals surface area (Å²) in [6, 6.07) is 37.2. The minimum absolute atomic E-state index is 0.0162. The summed E-state index contributed by atoms with van der Waals surface area (Å²) in [6.07, 6.45) is 17.8. The van der Waals surface area contributed by atoms with Crippen LogP contribution in [0.5, 0.6) is 0 Å². The van der Waals surface area contributed by atoms with Gasteiger partial charge in [-0.1, -0.05) is 163 Å². The fourth-order valence-electron chi connectivity index (χ4n) is 12.7. The third-order valence-corrected chi connectivity index (χ3v) is 18.8. The van der Waals surface area contributed by atoms with Crippen LogP contribution >= 0.6 is 0 Å². The summed E-state index contributed by atoms with van der Waals surface area (Å²) in [6.45, 7) is 28.8. The predicted molar refractivity (Wildman–Crippen MR) is 306 cm³/mol. The van der Waals surface area contributed by atoms with E-state index in [1.54, 1.807) is 0 Å². The zero-order valence-corrected chi connectivity index (χ0v) is 47.9. The molecule has 1 heterocycles. The number of hydrogen-bond acceptors (Lipinski definition) is 6. The number of aliphatic hydroxyl groups is 2. The van der Waals surface area contributed by atoms with Gasteiger partial charge < -0.3 is 19.5 Å². The van der Waals surface area contributed by atoms with Crippen LogP contribution in [0.15, 0.2) is 97.1 Å². The monoisotopic (exact) mass is 1000 g/mol. The van der Waals surface area contributed by atoms with Crippen LogP contribution in [0.25, 0.3) is 11.1 Å². The Hall–Kier alpha value is -4.62. The van der Waals surface area contributed by atoms with Gasteiger partial charge in [0.25, 0.3) is 0 Å². The summed E-state index contributed by atoms with van der Waals surface area (Å²) in [4.78, 5) is 16.2. The Balaban J connectivity index is 0.000000229. The van der Waals surface area contributed by atoms with Gasteiger partial charge in [-0.2, -0.15) is 9.59 Å². The first-order chi connectivity index (χ1) is 35.1. The zero-order chi connectivity index (χ0) is 54.1. The van der Waals surface area contributed by atoms with Crippen molar-refractivity contribution < 1.29 is 29.1 Å². The average Bonchev–Trinajstić information content (AvgIpc) is 4.08. The molecule has 7 heteroatoms. The molecule has 0 radical (unpaired) electrons. The smallest absolute Gasteiger partial charge is 0.399 e. The predicted octanol–water partition coefficient (Wildman–Crippen LogP) is 15.2. The van der Waals surface area contributed by atoms with Crippen molar-refractivity contribution in [3.05, 3.63) is 158 Å². The molecule has 0 atom stereocenters. The number of carbonyl (C=O) groups excluding carboxylic acids is 2. The van der Waals surface area contributed by atoms with Crippen molar-refractivity contribution in [2.24, 2.45) is 0 Å². The Bertz CT molecular complexity index is 2650. The van der Waals surface area contributed by atoms with E-state index in [-0.39, 0.29) is 35.3 Å². The zero-order valence-electron chi connectivity index (χ0n) is 47.9. The quantitative estimate of drug-likeness (QED) is 0.0902. The molecular weight excluding hydrogens is 912 g/mol. The average molecular weight is 1000 g/mol. The molecule has 3 fully saturated rings. The Morgan fingerprint density at radius 2 is 0.878 bits per heavy atom. The molecule has 2 aliphatic carbocycles. The maximum absolute atomic E-state index is 10.8. The standard InChI is InChI=1S/C34H44O.C32H47BO3.CO2/c1-6-27-11-13-29(14-12-27)32-18-17-31(24-26(32)5)34(7-2,8-3)30-16-15-28(25(4)23-30)19-22-33(35)20-9-10-21-33;1-9-32(10-2,26-14-13-25(23(3)21-26)17-20-31(34)18-11-12-19-31)27-15-16-28(24(4)22-27)33-35-29(5,6)30(7,8)36-33;2-1-3/h11-18,23-24,35H,6-10,19-22H2,1-5H3;13-16,21-22,34H,9-12,17-20H2,1-8H3;. The SMILES string of the molecule is CCC(CC)(c1ccc(CCC2(O)CCCC2)c(C)c1)c1ccc(B2OC(C)(C)C(C)(C)O2)c(C)c1.CCc1ccc(-c2ccc(C(CC)(CC)c3ccc(CCC4(O)CCCC4)c(C)c3)cc2C)cc1.O=C=O. The fraction of sp³-hybridized carbons (Fsp3) is 0.537. The lowest BCUT2D eigenvalue weighted by molar-refractivity contribution is -0.191. The molecule has 0 aromatic heterocycles. The van der Waals surface area contributed by atoms with Crippen molar-refractivity contribution in [1.82, 2.24) is 0 Å². The molecular formula is C67H91BO6. The summed E-state index contributed by atoms with van der Waals surface area (Å²) in [5.74, 6) is 0. The van der Waals surface area contributed by atoms with E-state index in [0.29, 0.717) is 0 Å². The van der Waals surface area contributed by atoms with Crippen molar-refractivity contribution in [3.63, 3.8) is 0 Å². The molecule has 0 unspecified atom stereocenters. The lowest BCUT2D eigenvalue weighted by Gasteiger charge is -2.34. The van der Waals surface area contributed by atoms with Gasteiger partial charge in [0, 0.05) is 10.8 Å². The van der Waals surface area contributed by atoms with Crippen LogP contribution in [0.3, 0.4) is 0 Å². The van der Waals surface area contributed by atoms with Gasteiger partial charge in [0.15, 0.2) is 0 Å². The third kappa shape index (κ3) is 12.8. The highest BCUT2D eigenvalue weighted by Crippen LogP contribution is 2.44. The molecule has 1 aliphatic heterocycles. The Labute approximate surface area is 447 Å². The summed E-state index contributed by atoms with van der Waals surface area (Å²) < 4.78 is 12.7. The van der Waals surface area contributed by atoms with Crippen molar-refractivity contribution >= 4 is 18.7 Å². The molecule has 0 bridgehead atoms. The Kier molecular flexibility index (Phi) is 19.5. The molecule has 8 rings (SSSR count). The maximum Gasteiger partial charge on any atom is 0.495 e. The van der Waals surface area contributed by atoms with Crippen molar-refractivity contribution in [2.45, 2.75) is 232 Å². The van der Waals surface area contributed by atoms with Gasteiger partial charge in [-0.05, 0) is 211 Å². The lowest BCUT2D eigenvalue weighted by atomic mass is 9.67. The number of rotatable bonds is 17. The molecule has 3 aliphatic rings. The number of hydrogen-bond donors (Lipinski definition) is 2. The van der Waals surface area contributed by atoms with Gasteiger partial charge in [0.1, 0.15) is 0 Å². The highest BCUT2D eigenvalue weighted by Gasteiger charge is 2.52. The van der Waals surface area contributed by atoms with E-state index >= 15 is 0 Å². The van der Waals surface area contributed by atoms with Crippen molar-refractivity contribution in [3.8, 4) is 11.1 Å². The van der Waals surface area contributed by atoms with Crippen LogP contribution in [0.2, 0.25) is 0 Å². The summed E-state index contributed by atoms with van der Waals surface area (Å²) in [7, 11) is -0.335. The molecule has 398 valence electrons. The molecule has 0 spiro atoms. The first-order valence-corrected chi connectivity index (χ1v) is 28.4. The van der Waals surface area contributed by atoms with Gasteiger partial charge in [0.2, 0.25) is 0 Å². The van der Waals surface area contributed by atoms with Crippen molar-refractivity contribution in [2.75, 3.05) is 0 Å². The van der Waals surface area contributed by atoms with Gasteiger partial charge in [0.05, 0.1) is 22.4 Å². The number of aryl methyl sites for hydroxylation is 7. The normalized spacial score (nSPS) is 17.5. The third-order valence-electron chi connectivity index (χ3n) is 18.8. The first kappa shape index (κ1) is 58.6. The summed E-state index contributed by atoms with van der Waals surface area (Å²) in [5.41, 5.74) is 17.1. The van der Waals surface area contributed by atoms with Crippen LogP contribution in [-0.4, -0.2) is 45.9 Å². The van der Waals surface area contributed by atoms with E-state index in [1.165, 1.54) is 85.2 Å². The maximum atomic E-state index is 10.8. The second kappa shape index (κ2) is 24.6. The molecule has 5 aromatic carbocycles. The van der Waals surface area contributed by atoms with E-state index in [2.05, 4.69) is 187 Å². The second-order valence-electron chi connectivity index (χ2n) is 23.5. The van der Waals surface area contributed by atoms with Crippen LogP contribution in [-0.2, 0) is 49.0 Å². The second-order valence-corrected chi connectivity index (χ2v) is 23.5.